The summed E-state index contributed by atoms with van der Waals surface area (Å²) < 4.78 is 0. The molecule has 2 amide bonds. The van der Waals surface area contributed by atoms with Crippen molar-refractivity contribution in [1.29, 1.82) is 0 Å². The van der Waals surface area contributed by atoms with Crippen molar-refractivity contribution in [3.8, 4) is 0 Å². The molecule has 1 aliphatic heterocycles. The minimum Gasteiger partial charge on any atom is -0.333 e. The van der Waals surface area contributed by atoms with Gasteiger partial charge in [-0.3, -0.25) is 14.9 Å². The predicted molar refractivity (Wildman–Crippen MR) is 69.4 cm³/mol. The maximum Gasteiger partial charge on any atom is 0.315 e. The first-order valence-electron chi connectivity index (χ1n) is 5.27. The van der Waals surface area contributed by atoms with Gasteiger partial charge >= 0.3 is 11.8 Å². The van der Waals surface area contributed by atoms with Gasteiger partial charge < -0.3 is 4.90 Å². The topological polar surface area (TPSA) is 62.3 Å². The predicted octanol–water partition coefficient (Wildman–Crippen LogP) is 0.965. The molecule has 0 aliphatic carbocycles. The monoisotopic (exact) mass is 271 g/mol. The third-order valence-corrected chi connectivity index (χ3v) is 4.10. The van der Waals surface area contributed by atoms with Gasteiger partial charge in [-0.1, -0.05) is 0 Å². The van der Waals surface area contributed by atoms with Crippen LogP contribution in [-0.4, -0.2) is 46.3 Å². The molecule has 1 aromatic heterocycles. The molecular formula is C10H13N3O2S2. The smallest absolute Gasteiger partial charge is 0.315 e. The zero-order chi connectivity index (χ0) is 12.3. The molecule has 1 saturated heterocycles. The fourth-order valence-electron chi connectivity index (χ4n) is 1.47. The molecule has 0 saturated carbocycles. The Morgan fingerprint density at radius 2 is 2.12 bits per heavy atom. The molecule has 0 aromatic carbocycles. The van der Waals surface area contributed by atoms with Crippen molar-refractivity contribution in [1.82, 2.24) is 9.88 Å². The molecule has 1 N–H and O–H groups in total. The lowest BCUT2D eigenvalue weighted by Gasteiger charge is -2.25. The summed E-state index contributed by atoms with van der Waals surface area (Å²) in [6.45, 7) is 3.19. The van der Waals surface area contributed by atoms with Crippen LogP contribution >= 0.6 is 23.1 Å². The summed E-state index contributed by atoms with van der Waals surface area (Å²) in [5.41, 5.74) is 0. The number of thioether (sulfide) groups is 1. The molecule has 0 atom stereocenters. The van der Waals surface area contributed by atoms with E-state index in [-0.39, 0.29) is 0 Å². The SMILES string of the molecule is Cc1cnc(NC(=O)C(=O)N2CCSCC2)s1. The fourth-order valence-corrected chi connectivity index (χ4v) is 3.04. The summed E-state index contributed by atoms with van der Waals surface area (Å²) in [5.74, 6) is 0.745. The number of thiazole rings is 1. The standard InChI is InChI=1S/C10H13N3O2S2/c1-7-6-11-10(17-7)12-8(14)9(15)13-2-4-16-5-3-13/h6H,2-5H2,1H3,(H,11,12,14). The molecule has 1 fully saturated rings. The lowest BCUT2D eigenvalue weighted by Crippen LogP contribution is -2.44. The number of carbonyl (C=O) groups is 2. The van der Waals surface area contributed by atoms with Gasteiger partial charge in [0.25, 0.3) is 0 Å². The van der Waals surface area contributed by atoms with E-state index in [4.69, 9.17) is 0 Å². The van der Waals surface area contributed by atoms with Crippen molar-refractivity contribution < 1.29 is 9.59 Å². The highest BCUT2D eigenvalue weighted by molar-refractivity contribution is 7.99. The van der Waals surface area contributed by atoms with Gasteiger partial charge in [-0.25, -0.2) is 4.98 Å². The number of nitrogens with one attached hydrogen (secondary N) is 1. The van der Waals surface area contributed by atoms with Gasteiger partial charge in [0.15, 0.2) is 5.13 Å². The second-order valence-electron chi connectivity index (χ2n) is 3.63. The highest BCUT2D eigenvalue weighted by Gasteiger charge is 2.23. The van der Waals surface area contributed by atoms with Crippen molar-refractivity contribution >= 4 is 40.0 Å². The van der Waals surface area contributed by atoms with E-state index in [1.54, 1.807) is 22.9 Å². The van der Waals surface area contributed by atoms with E-state index in [0.29, 0.717) is 18.2 Å². The van der Waals surface area contributed by atoms with Crippen LogP contribution in [0.4, 0.5) is 5.13 Å². The average Bonchev–Trinajstić information content (AvgIpc) is 2.75. The van der Waals surface area contributed by atoms with E-state index in [9.17, 15) is 9.59 Å². The number of hydrogen-bond donors (Lipinski definition) is 1. The molecule has 7 heteroatoms. The quantitative estimate of drug-likeness (QED) is 0.773. The summed E-state index contributed by atoms with van der Waals surface area (Å²) in [4.78, 5) is 30.1. The Balaban J connectivity index is 1.92. The van der Waals surface area contributed by atoms with Crippen molar-refractivity contribution in [3.05, 3.63) is 11.1 Å². The maximum atomic E-state index is 11.8. The molecule has 0 unspecified atom stereocenters. The van der Waals surface area contributed by atoms with Crippen molar-refractivity contribution in [3.63, 3.8) is 0 Å². The molecule has 92 valence electrons. The van der Waals surface area contributed by atoms with Crippen LogP contribution in [0.25, 0.3) is 0 Å². The first-order valence-corrected chi connectivity index (χ1v) is 7.24. The average molecular weight is 271 g/mol. The lowest BCUT2D eigenvalue weighted by molar-refractivity contribution is -0.142. The molecule has 0 radical (unpaired) electrons. The number of aromatic nitrogens is 1. The van der Waals surface area contributed by atoms with Crippen molar-refractivity contribution in [2.75, 3.05) is 29.9 Å². The van der Waals surface area contributed by atoms with Gasteiger partial charge in [-0.2, -0.15) is 11.8 Å². The maximum absolute atomic E-state index is 11.8. The summed E-state index contributed by atoms with van der Waals surface area (Å²) >= 11 is 3.16. The zero-order valence-corrected chi connectivity index (χ0v) is 11.1. The minimum absolute atomic E-state index is 0.460. The first kappa shape index (κ1) is 12.4. The third kappa shape index (κ3) is 3.19. The third-order valence-electron chi connectivity index (χ3n) is 2.33. The Morgan fingerprint density at radius 1 is 1.41 bits per heavy atom. The summed E-state index contributed by atoms with van der Waals surface area (Å²) in [6.07, 6.45) is 1.67. The Kier molecular flexibility index (Phi) is 4.01. The molecular weight excluding hydrogens is 258 g/mol. The number of hydrogen-bond acceptors (Lipinski definition) is 5. The van der Waals surface area contributed by atoms with E-state index in [1.165, 1.54) is 11.3 Å². The van der Waals surface area contributed by atoms with Gasteiger partial charge in [0.2, 0.25) is 0 Å². The lowest BCUT2D eigenvalue weighted by atomic mass is 10.4. The molecule has 1 aliphatic rings. The number of rotatable bonds is 1. The largest absolute Gasteiger partial charge is 0.333 e. The Morgan fingerprint density at radius 3 is 2.71 bits per heavy atom. The Hall–Kier alpha value is -1.08. The number of carbonyl (C=O) groups excluding carboxylic acids is 2. The van der Waals surface area contributed by atoms with Crippen molar-refractivity contribution in [2.24, 2.45) is 0 Å². The van der Waals surface area contributed by atoms with Gasteiger partial charge in [0, 0.05) is 35.7 Å². The van der Waals surface area contributed by atoms with Gasteiger partial charge in [-0.05, 0) is 6.92 Å². The second kappa shape index (κ2) is 5.50. The van der Waals surface area contributed by atoms with Crippen LogP contribution in [0.2, 0.25) is 0 Å². The summed E-state index contributed by atoms with van der Waals surface area (Å²) in [7, 11) is 0. The minimum atomic E-state index is -0.591. The number of nitrogens with zero attached hydrogens (tertiary/aromatic N) is 2. The molecule has 1 aromatic rings. The van der Waals surface area contributed by atoms with Crippen LogP contribution < -0.4 is 5.32 Å². The molecule has 0 spiro atoms. The second-order valence-corrected chi connectivity index (χ2v) is 6.09. The zero-order valence-electron chi connectivity index (χ0n) is 9.43. The van der Waals surface area contributed by atoms with Gasteiger partial charge in [0.1, 0.15) is 0 Å². The Bertz CT molecular complexity index is 427. The van der Waals surface area contributed by atoms with Crippen molar-refractivity contribution in [2.45, 2.75) is 6.92 Å². The van der Waals surface area contributed by atoms with Crippen LogP contribution in [0.1, 0.15) is 4.88 Å². The highest BCUT2D eigenvalue weighted by Crippen LogP contribution is 2.16. The molecule has 0 bridgehead atoms. The van der Waals surface area contributed by atoms with Gasteiger partial charge in [-0.15, -0.1) is 11.3 Å². The number of anilines is 1. The first-order chi connectivity index (χ1) is 8.16. The normalized spacial score (nSPS) is 15.7. The number of aryl methyl sites for hydroxylation is 1. The van der Waals surface area contributed by atoms with Crippen LogP contribution in [-0.2, 0) is 9.59 Å². The van der Waals surface area contributed by atoms with Crippen LogP contribution in [0, 0.1) is 6.92 Å². The van der Waals surface area contributed by atoms with E-state index in [2.05, 4.69) is 10.3 Å². The van der Waals surface area contributed by atoms with Gasteiger partial charge in [0.05, 0.1) is 0 Å². The number of amides is 2. The fraction of sp³-hybridized carbons (Fsp3) is 0.500. The van der Waals surface area contributed by atoms with E-state index in [0.717, 1.165) is 16.4 Å². The van der Waals surface area contributed by atoms with E-state index >= 15 is 0 Å². The Labute approximate surface area is 108 Å². The highest BCUT2D eigenvalue weighted by atomic mass is 32.2. The summed E-state index contributed by atoms with van der Waals surface area (Å²) in [5, 5.41) is 3.01. The molecule has 5 nitrogen and oxygen atoms in total. The van der Waals surface area contributed by atoms with E-state index in [1.807, 2.05) is 6.92 Å². The molecule has 17 heavy (non-hydrogen) atoms. The van der Waals surface area contributed by atoms with Crippen LogP contribution in [0.15, 0.2) is 6.20 Å². The molecule has 2 heterocycles. The molecule has 2 rings (SSSR count). The van der Waals surface area contributed by atoms with Crippen LogP contribution in [0.3, 0.4) is 0 Å². The van der Waals surface area contributed by atoms with E-state index < -0.39 is 11.8 Å². The van der Waals surface area contributed by atoms with Crippen LogP contribution in [0.5, 0.6) is 0 Å². The summed E-state index contributed by atoms with van der Waals surface area (Å²) in [6, 6.07) is 0.